The molecule has 4 heteroatoms. The molecule has 0 aliphatic carbocycles. The van der Waals surface area contributed by atoms with Crippen LogP contribution in [0, 0.1) is 0 Å². The lowest BCUT2D eigenvalue weighted by Crippen LogP contribution is -2.29. The van der Waals surface area contributed by atoms with Crippen molar-refractivity contribution in [3.8, 4) is 0 Å². The molecule has 2 heterocycles. The van der Waals surface area contributed by atoms with Crippen molar-refractivity contribution in [1.82, 2.24) is 15.3 Å². The van der Waals surface area contributed by atoms with E-state index in [1.165, 1.54) is 11.3 Å². The Hall–Kier alpha value is -1.00. The third kappa shape index (κ3) is 2.65. The minimum atomic E-state index is -0.379. The first-order chi connectivity index (χ1) is 9.01. The van der Waals surface area contributed by atoms with E-state index in [4.69, 9.17) is 14.7 Å². The number of ether oxygens (including phenoxy) is 1. The molecule has 1 N–H and O–H groups in total. The third-order valence-electron chi connectivity index (χ3n) is 3.88. The SMILES string of the molecule is CCOC(C)(CC)c1nc2c(c(C(C)C)n1)CNC2. The Kier molecular flexibility index (Phi) is 4.21. The third-order valence-corrected chi connectivity index (χ3v) is 3.88. The maximum Gasteiger partial charge on any atom is 0.160 e. The Bertz CT molecular complexity index is 459. The van der Waals surface area contributed by atoms with Crippen LogP contribution in [0.3, 0.4) is 0 Å². The van der Waals surface area contributed by atoms with Crippen LogP contribution in [-0.4, -0.2) is 16.6 Å². The highest BCUT2D eigenvalue weighted by molar-refractivity contribution is 5.32. The van der Waals surface area contributed by atoms with Gasteiger partial charge in [-0.05, 0) is 26.2 Å². The molecule has 2 rings (SSSR count). The van der Waals surface area contributed by atoms with E-state index in [1.807, 2.05) is 6.92 Å². The molecule has 4 nitrogen and oxygen atoms in total. The second-order valence-corrected chi connectivity index (χ2v) is 5.63. The molecule has 0 bridgehead atoms. The quantitative estimate of drug-likeness (QED) is 0.887. The van der Waals surface area contributed by atoms with Crippen molar-refractivity contribution >= 4 is 0 Å². The van der Waals surface area contributed by atoms with Gasteiger partial charge >= 0.3 is 0 Å². The first-order valence-corrected chi connectivity index (χ1v) is 7.26. The van der Waals surface area contributed by atoms with Crippen LogP contribution in [0.4, 0.5) is 0 Å². The fourth-order valence-electron chi connectivity index (χ4n) is 2.55. The zero-order valence-corrected chi connectivity index (χ0v) is 12.7. The van der Waals surface area contributed by atoms with Crippen LogP contribution in [0.1, 0.15) is 69.7 Å². The normalized spacial score (nSPS) is 17.6. The molecule has 106 valence electrons. The number of rotatable bonds is 5. The summed E-state index contributed by atoms with van der Waals surface area (Å²) < 4.78 is 5.91. The van der Waals surface area contributed by atoms with Gasteiger partial charge in [0, 0.05) is 25.3 Å². The lowest BCUT2D eigenvalue weighted by molar-refractivity contribution is -0.0393. The van der Waals surface area contributed by atoms with E-state index in [9.17, 15) is 0 Å². The highest BCUT2D eigenvalue weighted by Crippen LogP contribution is 2.30. The van der Waals surface area contributed by atoms with E-state index in [-0.39, 0.29) is 5.60 Å². The lowest BCUT2D eigenvalue weighted by Gasteiger charge is -2.28. The fraction of sp³-hybridized carbons (Fsp3) is 0.733. The Morgan fingerprint density at radius 3 is 2.58 bits per heavy atom. The Balaban J connectivity index is 2.50. The minimum absolute atomic E-state index is 0.379. The largest absolute Gasteiger partial charge is 0.368 e. The molecular formula is C15H25N3O. The molecule has 0 radical (unpaired) electrons. The van der Waals surface area contributed by atoms with Crippen LogP contribution >= 0.6 is 0 Å². The molecule has 1 aliphatic rings. The monoisotopic (exact) mass is 263 g/mol. The van der Waals surface area contributed by atoms with E-state index in [0.717, 1.165) is 31.0 Å². The lowest BCUT2D eigenvalue weighted by atomic mass is 9.99. The van der Waals surface area contributed by atoms with Crippen LogP contribution < -0.4 is 5.32 Å². The molecule has 0 fully saturated rings. The second-order valence-electron chi connectivity index (χ2n) is 5.63. The molecule has 1 unspecified atom stereocenters. The smallest absolute Gasteiger partial charge is 0.160 e. The number of nitrogens with one attached hydrogen (secondary N) is 1. The molecule has 1 aliphatic heterocycles. The summed E-state index contributed by atoms with van der Waals surface area (Å²) >= 11 is 0. The van der Waals surface area contributed by atoms with E-state index < -0.39 is 0 Å². The summed E-state index contributed by atoms with van der Waals surface area (Å²) in [5, 5.41) is 3.37. The molecule has 0 saturated carbocycles. The van der Waals surface area contributed by atoms with E-state index >= 15 is 0 Å². The molecule has 0 amide bonds. The maximum atomic E-state index is 5.91. The van der Waals surface area contributed by atoms with Crippen molar-refractivity contribution in [2.75, 3.05) is 6.61 Å². The summed E-state index contributed by atoms with van der Waals surface area (Å²) in [6.07, 6.45) is 0.880. The van der Waals surface area contributed by atoms with Gasteiger partial charge < -0.3 is 10.1 Å². The average Bonchev–Trinajstić information content (AvgIpc) is 2.85. The maximum absolute atomic E-state index is 5.91. The van der Waals surface area contributed by atoms with Crippen molar-refractivity contribution in [2.45, 2.75) is 65.6 Å². The predicted molar refractivity (Wildman–Crippen MR) is 75.9 cm³/mol. The number of nitrogens with zero attached hydrogens (tertiary/aromatic N) is 2. The summed E-state index contributed by atoms with van der Waals surface area (Å²) in [5.41, 5.74) is 3.22. The Morgan fingerprint density at radius 1 is 1.26 bits per heavy atom. The Labute approximate surface area is 116 Å². The van der Waals surface area contributed by atoms with E-state index in [0.29, 0.717) is 12.5 Å². The zero-order chi connectivity index (χ0) is 14.0. The summed E-state index contributed by atoms with van der Waals surface area (Å²) in [4.78, 5) is 9.59. The van der Waals surface area contributed by atoms with Crippen molar-refractivity contribution in [2.24, 2.45) is 0 Å². The van der Waals surface area contributed by atoms with E-state index in [2.05, 4.69) is 33.0 Å². The van der Waals surface area contributed by atoms with E-state index in [1.54, 1.807) is 0 Å². The summed E-state index contributed by atoms with van der Waals surface area (Å²) in [6, 6.07) is 0. The predicted octanol–water partition coefficient (Wildman–Crippen LogP) is 2.86. The number of hydrogen-bond acceptors (Lipinski definition) is 4. The van der Waals surface area contributed by atoms with Gasteiger partial charge in [0.1, 0.15) is 5.60 Å². The molecule has 1 aromatic rings. The van der Waals surface area contributed by atoms with Crippen LogP contribution in [0.15, 0.2) is 0 Å². The van der Waals surface area contributed by atoms with Crippen LogP contribution in [-0.2, 0) is 23.4 Å². The van der Waals surface area contributed by atoms with Gasteiger partial charge in [-0.25, -0.2) is 9.97 Å². The first kappa shape index (κ1) is 14.4. The average molecular weight is 263 g/mol. The standard InChI is InChI=1S/C15H25N3O/c1-6-15(5,19-7-2)14-17-12-9-16-8-11(12)13(18-14)10(3)4/h10,16H,6-9H2,1-5H3. The molecule has 0 spiro atoms. The molecule has 1 aromatic heterocycles. The topological polar surface area (TPSA) is 47.0 Å². The molecule has 0 aromatic carbocycles. The fourth-order valence-corrected chi connectivity index (χ4v) is 2.55. The highest BCUT2D eigenvalue weighted by Gasteiger charge is 2.31. The highest BCUT2D eigenvalue weighted by atomic mass is 16.5. The molecular weight excluding hydrogens is 238 g/mol. The minimum Gasteiger partial charge on any atom is -0.368 e. The molecule has 1 atom stereocenters. The van der Waals surface area contributed by atoms with Gasteiger partial charge in [0.25, 0.3) is 0 Å². The summed E-state index contributed by atoms with van der Waals surface area (Å²) in [7, 11) is 0. The van der Waals surface area contributed by atoms with Gasteiger partial charge in [0.05, 0.1) is 11.4 Å². The van der Waals surface area contributed by atoms with Crippen molar-refractivity contribution in [1.29, 1.82) is 0 Å². The number of hydrogen-bond donors (Lipinski definition) is 1. The zero-order valence-electron chi connectivity index (χ0n) is 12.7. The number of aromatic nitrogens is 2. The van der Waals surface area contributed by atoms with Crippen molar-refractivity contribution in [3.05, 3.63) is 22.8 Å². The van der Waals surface area contributed by atoms with Gasteiger partial charge in [-0.1, -0.05) is 20.8 Å². The number of fused-ring (bicyclic) bond motifs is 1. The van der Waals surface area contributed by atoms with Crippen LogP contribution in [0.25, 0.3) is 0 Å². The molecule has 0 saturated heterocycles. The van der Waals surface area contributed by atoms with Gasteiger partial charge in [-0.15, -0.1) is 0 Å². The van der Waals surface area contributed by atoms with Crippen molar-refractivity contribution in [3.63, 3.8) is 0 Å². The van der Waals surface area contributed by atoms with Crippen LogP contribution in [0.5, 0.6) is 0 Å². The summed E-state index contributed by atoms with van der Waals surface area (Å²) in [5.74, 6) is 1.25. The molecule has 19 heavy (non-hydrogen) atoms. The summed E-state index contributed by atoms with van der Waals surface area (Å²) in [6.45, 7) is 13.0. The second kappa shape index (κ2) is 5.55. The Morgan fingerprint density at radius 2 is 2.00 bits per heavy atom. The van der Waals surface area contributed by atoms with Crippen LogP contribution in [0.2, 0.25) is 0 Å². The first-order valence-electron chi connectivity index (χ1n) is 7.26. The van der Waals surface area contributed by atoms with Gasteiger partial charge in [-0.2, -0.15) is 0 Å². The van der Waals surface area contributed by atoms with Gasteiger partial charge in [0.2, 0.25) is 0 Å². The van der Waals surface area contributed by atoms with Crippen molar-refractivity contribution < 1.29 is 4.74 Å². The van der Waals surface area contributed by atoms with Gasteiger partial charge in [-0.3, -0.25) is 0 Å². The van der Waals surface area contributed by atoms with Gasteiger partial charge in [0.15, 0.2) is 5.82 Å².